The van der Waals surface area contributed by atoms with Crippen LogP contribution in [0.25, 0.3) is 0 Å². The number of hydrogen-bond donors (Lipinski definition) is 0. The van der Waals surface area contributed by atoms with E-state index in [9.17, 15) is 9.59 Å². The van der Waals surface area contributed by atoms with Gasteiger partial charge in [0, 0.05) is 4.75 Å². The molecule has 1 fully saturated rings. The lowest BCUT2D eigenvalue weighted by Gasteiger charge is -2.27. The van der Waals surface area contributed by atoms with Crippen molar-refractivity contribution >= 4 is 34.9 Å². The molecule has 0 unspecified atom stereocenters. The van der Waals surface area contributed by atoms with Crippen LogP contribution >= 0.6 is 23.7 Å². The van der Waals surface area contributed by atoms with Crippen LogP contribution < -0.4 is 0 Å². The molecule has 0 N–H and O–H groups in total. The van der Waals surface area contributed by atoms with E-state index >= 15 is 0 Å². The molecule has 5 heteroatoms. The molecule has 1 aliphatic heterocycles. The largest absolute Gasteiger partial charge is 0.299 e. The lowest BCUT2D eigenvalue weighted by molar-refractivity contribution is -0.120. The van der Waals surface area contributed by atoms with Gasteiger partial charge in [0.2, 0.25) is 0 Å². The molecule has 0 saturated carbocycles. The van der Waals surface area contributed by atoms with Crippen LogP contribution in [0, 0.1) is 0 Å². The first-order valence-corrected chi connectivity index (χ1v) is 7.41. The number of imide groups is 1. The van der Waals surface area contributed by atoms with E-state index in [-0.39, 0.29) is 15.9 Å². The lowest BCUT2D eigenvalue weighted by Crippen LogP contribution is -2.29. The third-order valence-corrected chi connectivity index (χ3v) is 4.62. The van der Waals surface area contributed by atoms with Gasteiger partial charge in [-0.1, -0.05) is 37.9 Å². The van der Waals surface area contributed by atoms with Crippen molar-refractivity contribution in [1.82, 2.24) is 4.31 Å². The summed E-state index contributed by atoms with van der Waals surface area (Å²) in [5, 5.41) is -0.112. The van der Waals surface area contributed by atoms with E-state index in [2.05, 4.69) is 20.8 Å². The minimum absolute atomic E-state index is 0.0363. The standard InChI is InChI=1S/C11H19NO2S2/c1-4-5-6-7-11(2,3)16-12-9(13)8-15-10(12)14/h4-8H2,1-3H3. The normalized spacial score (nSPS) is 17.3. The SMILES string of the molecule is CCCCCC(C)(C)SN1C(=O)CSC1=O. The maximum Gasteiger partial charge on any atom is 0.299 e. The van der Waals surface area contributed by atoms with Crippen molar-refractivity contribution in [2.45, 2.75) is 51.2 Å². The Hall–Kier alpha value is -0.160. The van der Waals surface area contributed by atoms with Crippen molar-refractivity contribution < 1.29 is 9.59 Å². The Kier molecular flexibility index (Phi) is 5.18. The molecule has 16 heavy (non-hydrogen) atoms. The zero-order valence-corrected chi connectivity index (χ0v) is 11.7. The van der Waals surface area contributed by atoms with Gasteiger partial charge in [-0.05, 0) is 32.2 Å². The van der Waals surface area contributed by atoms with E-state index < -0.39 is 0 Å². The smallest absolute Gasteiger partial charge is 0.272 e. The van der Waals surface area contributed by atoms with Crippen molar-refractivity contribution in [3.8, 4) is 0 Å². The Morgan fingerprint density at radius 2 is 2.06 bits per heavy atom. The minimum Gasteiger partial charge on any atom is -0.272 e. The topological polar surface area (TPSA) is 37.4 Å². The molecular weight excluding hydrogens is 242 g/mol. The molecule has 0 spiro atoms. The second kappa shape index (κ2) is 5.96. The first-order chi connectivity index (χ1) is 7.46. The fourth-order valence-corrected chi connectivity index (χ4v) is 3.44. The molecule has 0 aliphatic carbocycles. The molecule has 0 bridgehead atoms. The highest BCUT2D eigenvalue weighted by atomic mass is 32.2. The average molecular weight is 261 g/mol. The van der Waals surface area contributed by atoms with Crippen molar-refractivity contribution in [2.75, 3.05) is 5.75 Å². The Morgan fingerprint density at radius 3 is 2.56 bits per heavy atom. The number of carbonyl (C=O) groups is 2. The highest BCUT2D eigenvalue weighted by Gasteiger charge is 2.35. The van der Waals surface area contributed by atoms with E-state index in [1.807, 2.05) is 0 Å². The van der Waals surface area contributed by atoms with Gasteiger partial charge in [0.05, 0.1) is 5.75 Å². The molecule has 1 rings (SSSR count). The van der Waals surface area contributed by atoms with Crippen molar-refractivity contribution in [3.63, 3.8) is 0 Å². The number of nitrogens with zero attached hydrogens (tertiary/aromatic N) is 1. The maximum atomic E-state index is 11.5. The van der Waals surface area contributed by atoms with Crippen LogP contribution in [-0.2, 0) is 4.79 Å². The number of hydrogen-bond acceptors (Lipinski definition) is 4. The molecule has 1 heterocycles. The fraction of sp³-hybridized carbons (Fsp3) is 0.818. The Morgan fingerprint density at radius 1 is 1.38 bits per heavy atom. The second-order valence-electron chi connectivity index (χ2n) is 4.55. The first-order valence-electron chi connectivity index (χ1n) is 5.65. The quantitative estimate of drug-likeness (QED) is 0.540. The van der Waals surface area contributed by atoms with Gasteiger partial charge in [-0.3, -0.25) is 9.59 Å². The van der Waals surface area contributed by atoms with Crippen LogP contribution in [-0.4, -0.2) is 26.0 Å². The summed E-state index contributed by atoms with van der Waals surface area (Å²) in [6.45, 7) is 6.36. The summed E-state index contributed by atoms with van der Waals surface area (Å²) in [6, 6.07) is 0. The number of rotatable bonds is 6. The van der Waals surface area contributed by atoms with Crippen molar-refractivity contribution in [2.24, 2.45) is 0 Å². The maximum absolute atomic E-state index is 11.5. The predicted octanol–water partition coefficient (Wildman–Crippen LogP) is 3.69. The summed E-state index contributed by atoms with van der Waals surface area (Å²) in [4.78, 5) is 22.9. The van der Waals surface area contributed by atoms with Crippen LogP contribution in [0.2, 0.25) is 0 Å². The Labute approximate surface area is 106 Å². The minimum atomic E-state index is -0.112. The Bertz CT molecular complexity index is 263. The monoisotopic (exact) mass is 261 g/mol. The van der Waals surface area contributed by atoms with Crippen LogP contribution in [0.5, 0.6) is 0 Å². The van der Waals surface area contributed by atoms with E-state index in [0.717, 1.165) is 24.6 Å². The molecule has 0 aromatic rings. The molecule has 0 aromatic heterocycles. The van der Waals surface area contributed by atoms with Crippen molar-refractivity contribution in [1.29, 1.82) is 0 Å². The summed E-state index contributed by atoms with van der Waals surface area (Å²) in [5.41, 5.74) is 0. The summed E-state index contributed by atoms with van der Waals surface area (Å²) in [6.07, 6.45) is 4.59. The molecule has 3 nitrogen and oxygen atoms in total. The Balaban J connectivity index is 2.44. The molecule has 0 aromatic carbocycles. The van der Waals surface area contributed by atoms with Crippen LogP contribution in [0.1, 0.15) is 46.5 Å². The van der Waals surface area contributed by atoms with Gasteiger partial charge in [-0.2, -0.15) is 0 Å². The number of thioether (sulfide) groups is 1. The van der Waals surface area contributed by atoms with E-state index in [1.165, 1.54) is 29.1 Å². The third kappa shape index (κ3) is 4.01. The van der Waals surface area contributed by atoms with Crippen LogP contribution in [0.3, 0.4) is 0 Å². The first kappa shape index (κ1) is 13.9. The predicted molar refractivity (Wildman–Crippen MR) is 70.5 cm³/mol. The van der Waals surface area contributed by atoms with Gasteiger partial charge in [-0.15, -0.1) is 0 Å². The number of unbranched alkanes of at least 4 members (excludes halogenated alkanes) is 2. The van der Waals surface area contributed by atoms with Gasteiger partial charge in [0.15, 0.2) is 0 Å². The molecule has 0 atom stereocenters. The zero-order chi connectivity index (χ0) is 12.2. The summed E-state index contributed by atoms with van der Waals surface area (Å²) >= 11 is 2.49. The summed E-state index contributed by atoms with van der Waals surface area (Å²) < 4.78 is 1.29. The van der Waals surface area contributed by atoms with E-state index in [1.54, 1.807) is 0 Å². The van der Waals surface area contributed by atoms with E-state index in [4.69, 9.17) is 0 Å². The van der Waals surface area contributed by atoms with Gasteiger partial charge in [0.1, 0.15) is 0 Å². The van der Waals surface area contributed by atoms with Crippen LogP contribution in [0.15, 0.2) is 0 Å². The van der Waals surface area contributed by atoms with Gasteiger partial charge >= 0.3 is 0 Å². The lowest BCUT2D eigenvalue weighted by atomic mass is 10.0. The number of carbonyl (C=O) groups excluding carboxylic acids is 2. The summed E-state index contributed by atoms with van der Waals surface area (Å²) in [7, 11) is 0. The highest BCUT2D eigenvalue weighted by molar-refractivity contribution is 8.16. The third-order valence-electron chi connectivity index (χ3n) is 2.43. The average Bonchev–Trinajstić information content (AvgIpc) is 2.49. The molecular formula is C11H19NO2S2. The molecule has 1 aliphatic rings. The molecule has 92 valence electrons. The number of amides is 2. The van der Waals surface area contributed by atoms with Gasteiger partial charge in [-0.25, -0.2) is 4.31 Å². The highest BCUT2D eigenvalue weighted by Crippen LogP contribution is 2.37. The summed E-state index contributed by atoms with van der Waals surface area (Å²) in [5.74, 6) is 0.236. The van der Waals surface area contributed by atoms with Gasteiger partial charge in [0.25, 0.3) is 11.1 Å². The zero-order valence-electron chi connectivity index (χ0n) is 10.1. The van der Waals surface area contributed by atoms with Gasteiger partial charge < -0.3 is 0 Å². The fourth-order valence-electron chi connectivity index (χ4n) is 1.52. The van der Waals surface area contributed by atoms with E-state index in [0.29, 0.717) is 5.75 Å². The van der Waals surface area contributed by atoms with Crippen LogP contribution in [0.4, 0.5) is 4.79 Å². The second-order valence-corrected chi connectivity index (χ2v) is 7.13. The molecule has 1 saturated heterocycles. The molecule has 0 radical (unpaired) electrons. The van der Waals surface area contributed by atoms with Crippen molar-refractivity contribution in [3.05, 3.63) is 0 Å². The molecule has 2 amide bonds.